The van der Waals surface area contributed by atoms with E-state index in [1.165, 1.54) is 0 Å². The Morgan fingerprint density at radius 3 is 0.589 bits per heavy atom. The Kier molecular flexibility index (Phi) is 25.7. The van der Waals surface area contributed by atoms with Gasteiger partial charge in [-0.05, 0) is 131 Å². The zero-order valence-corrected chi connectivity index (χ0v) is 44.0. The summed E-state index contributed by atoms with van der Waals surface area (Å²) < 4.78 is 128. The minimum Gasteiger partial charge on any atom is -0.416 e. The summed E-state index contributed by atoms with van der Waals surface area (Å²) in [4.78, 5) is 0. The Hall–Kier alpha value is 1.31. The molecular weight excluding hydrogens is 877 g/mol. The summed E-state index contributed by atoms with van der Waals surface area (Å²) in [5.74, 6) is 0. The Morgan fingerprint density at radius 2 is 0.464 bits per heavy atom. The third-order valence-corrected chi connectivity index (χ3v) is 36.1. The second kappa shape index (κ2) is 26.1. The van der Waals surface area contributed by atoms with Gasteiger partial charge in [-0.25, -0.2) is 0 Å². The first-order valence-electron chi connectivity index (χ1n) is 20.5. The molecule has 0 bridgehead atoms. The zero-order chi connectivity index (χ0) is 42.6. The monoisotopic (exact) mass is 952 g/mol. The van der Waals surface area contributed by atoms with E-state index in [1.807, 2.05) is 26.2 Å². The lowest BCUT2D eigenvalue weighted by atomic mass is 10.6. The predicted molar refractivity (Wildman–Crippen MR) is 231 cm³/mol. The summed E-state index contributed by atoms with van der Waals surface area (Å²) in [6, 6.07) is 1.80. The van der Waals surface area contributed by atoms with Crippen LogP contribution in [-0.4, -0.2) is 112 Å². The molecule has 0 unspecified atom stereocenters. The highest BCUT2D eigenvalue weighted by molar-refractivity contribution is 7.54. The first-order valence-corrected chi connectivity index (χ1v) is 37.5. The molecule has 16 nitrogen and oxygen atoms in total. The van der Waals surface area contributed by atoms with Crippen LogP contribution in [0.5, 0.6) is 0 Å². The van der Waals surface area contributed by atoms with Crippen LogP contribution in [0.3, 0.4) is 0 Å². The lowest BCUT2D eigenvalue weighted by Gasteiger charge is -2.50. The number of hydrogen-bond acceptors (Lipinski definition) is 16. The largest absolute Gasteiger partial charge is 0.416 e. The number of rotatable bonds is 32. The molecule has 1 heterocycles. The van der Waals surface area contributed by atoms with Gasteiger partial charge in [0.25, 0.3) is 0 Å². The molecule has 0 spiro atoms. The maximum absolute atomic E-state index is 13.5. The quantitative estimate of drug-likeness (QED) is 0.0459. The number of hydrogen-bond donors (Lipinski definition) is 0. The van der Waals surface area contributed by atoms with E-state index >= 15 is 0 Å². The van der Waals surface area contributed by atoms with E-state index in [0.29, 0.717) is 49.9 Å². The van der Waals surface area contributed by atoms with Gasteiger partial charge < -0.3 is 52.7 Å². The lowest BCUT2D eigenvalue weighted by molar-refractivity contribution is 0.216. The molecule has 1 fully saturated rings. The van der Waals surface area contributed by atoms with E-state index in [9.17, 15) is 18.3 Å². The molecule has 1 aliphatic rings. The molecule has 1 aliphatic heterocycles. The van der Waals surface area contributed by atoms with Crippen molar-refractivity contribution in [2.24, 2.45) is 0 Å². The van der Waals surface area contributed by atoms with E-state index in [4.69, 9.17) is 52.7 Å². The Labute approximate surface area is 343 Å². The van der Waals surface area contributed by atoms with Crippen molar-refractivity contribution in [1.29, 1.82) is 0 Å². The molecule has 0 amide bonds. The first kappa shape index (κ1) is 55.3. The van der Waals surface area contributed by atoms with Crippen molar-refractivity contribution < 1.29 is 70.9 Å². The lowest BCUT2D eigenvalue weighted by Crippen LogP contribution is -2.67. The molecular formula is C32H76O16P4Si4. The molecule has 1 saturated heterocycles. The summed E-state index contributed by atoms with van der Waals surface area (Å²) >= 11 is 0. The van der Waals surface area contributed by atoms with Crippen LogP contribution in [0.25, 0.3) is 0 Å². The molecule has 0 N–H and O–H groups in total. The maximum atomic E-state index is 13.5. The molecule has 336 valence electrons. The van der Waals surface area contributed by atoms with Gasteiger partial charge in [0.05, 0.1) is 77.5 Å². The zero-order valence-electron chi connectivity index (χ0n) is 36.5. The highest BCUT2D eigenvalue weighted by atomic mass is 31.2. The summed E-state index contributed by atoms with van der Waals surface area (Å²) in [5, 5.41) is 0. The van der Waals surface area contributed by atoms with Crippen molar-refractivity contribution in [3.8, 4) is 0 Å². The topological polar surface area (TPSA) is 179 Å². The van der Waals surface area contributed by atoms with Gasteiger partial charge in [-0.3, -0.25) is 18.3 Å². The third-order valence-electron chi connectivity index (χ3n) is 8.59. The second-order valence-corrected chi connectivity index (χ2v) is 37.1. The fourth-order valence-corrected chi connectivity index (χ4v) is 38.1. The summed E-state index contributed by atoms with van der Waals surface area (Å²) in [6.07, 6.45) is 2.53. The van der Waals surface area contributed by atoms with Gasteiger partial charge in [0.15, 0.2) is 0 Å². The van der Waals surface area contributed by atoms with Crippen LogP contribution in [0, 0.1) is 0 Å². The maximum Gasteiger partial charge on any atom is 0.330 e. The Bertz CT molecular complexity index is 1080. The van der Waals surface area contributed by atoms with Gasteiger partial charge >= 0.3 is 64.6 Å². The predicted octanol–water partition coefficient (Wildman–Crippen LogP) is 11.0. The summed E-state index contributed by atoms with van der Waals surface area (Å²) in [7, 11) is -26.2. The van der Waals surface area contributed by atoms with Crippen LogP contribution < -0.4 is 0 Å². The SMILES string of the molecule is CCOP(=O)(CCC[Si]1(C)O[Si](C)(CCCP(=O)(OCC)OCC)O[Si](C)(CCCP(=O)(OCC)OCC)O[Si](C)(CCCP(=O)(OCC)OCC)O1)OCC. The molecule has 0 aliphatic carbocycles. The van der Waals surface area contributed by atoms with Crippen LogP contribution in [0.15, 0.2) is 0 Å². The van der Waals surface area contributed by atoms with Gasteiger partial charge in [-0.1, -0.05) is 0 Å². The highest BCUT2D eigenvalue weighted by Gasteiger charge is 2.57. The van der Waals surface area contributed by atoms with Crippen molar-refractivity contribution in [1.82, 2.24) is 0 Å². The average molecular weight is 953 g/mol. The Balaban J connectivity index is 3.68. The molecule has 1 rings (SSSR count). The van der Waals surface area contributed by atoms with Gasteiger partial charge in [0.1, 0.15) is 0 Å². The van der Waals surface area contributed by atoms with Crippen LogP contribution in [-0.2, 0) is 70.9 Å². The second-order valence-electron chi connectivity index (χ2n) is 14.0. The van der Waals surface area contributed by atoms with E-state index < -0.39 is 64.6 Å². The first-order chi connectivity index (χ1) is 26.1. The Morgan fingerprint density at radius 1 is 0.321 bits per heavy atom. The van der Waals surface area contributed by atoms with Gasteiger partial charge in [-0.15, -0.1) is 0 Å². The van der Waals surface area contributed by atoms with E-state index in [0.717, 1.165) is 0 Å². The smallest absolute Gasteiger partial charge is 0.330 e. The van der Waals surface area contributed by atoms with Crippen molar-refractivity contribution in [3.05, 3.63) is 0 Å². The van der Waals surface area contributed by atoms with Crippen molar-refractivity contribution >= 4 is 64.6 Å². The minimum absolute atomic E-state index is 0.187. The highest BCUT2D eigenvalue weighted by Crippen LogP contribution is 2.53. The van der Waals surface area contributed by atoms with Gasteiger partial charge in [0.2, 0.25) is 0 Å². The van der Waals surface area contributed by atoms with Gasteiger partial charge in [0, 0.05) is 0 Å². The molecule has 0 aromatic carbocycles. The molecule has 0 radical (unpaired) electrons. The standard InChI is InChI=1S/C32H76O16P4Si4/c1-13-37-49(33,38-14-2)25-21-29-53(9)45-54(10,30-22-26-50(34,39-15-3)40-16-4)47-56(12,32-24-28-52(36,43-19-7)44-20-8)48-55(11,46-53)31-23-27-51(35,41-17-5)42-18-6/h13-32H2,1-12H3. The molecule has 0 saturated carbocycles. The average Bonchev–Trinajstić information content (AvgIpc) is 3.04. The fraction of sp³-hybridized carbons (Fsp3) is 1.00. The van der Waals surface area contributed by atoms with Crippen molar-refractivity contribution in [3.63, 3.8) is 0 Å². The summed E-state index contributed by atoms with van der Waals surface area (Å²) in [5.41, 5.74) is 0. The molecule has 56 heavy (non-hydrogen) atoms. The molecule has 24 heteroatoms. The molecule has 0 aromatic rings. The third kappa shape index (κ3) is 20.5. The fourth-order valence-electron chi connectivity index (χ4n) is 6.93. The van der Waals surface area contributed by atoms with Gasteiger partial charge in [-0.2, -0.15) is 0 Å². The molecule has 0 aromatic heterocycles. The summed E-state index contributed by atoms with van der Waals surface area (Å²) in [6.45, 7) is 24.3. The minimum atomic E-state index is -3.34. The van der Waals surface area contributed by atoms with Crippen LogP contribution in [0.4, 0.5) is 0 Å². The normalized spacial score (nSPS) is 25.6. The van der Waals surface area contributed by atoms with Crippen LogP contribution in [0.2, 0.25) is 50.4 Å². The van der Waals surface area contributed by atoms with Crippen molar-refractivity contribution in [2.45, 2.75) is 131 Å². The van der Waals surface area contributed by atoms with Crippen LogP contribution >= 0.6 is 30.4 Å². The van der Waals surface area contributed by atoms with Crippen LogP contribution in [0.1, 0.15) is 81.1 Å². The van der Waals surface area contributed by atoms with E-state index in [-0.39, 0.29) is 77.5 Å². The van der Waals surface area contributed by atoms with E-state index in [1.54, 1.807) is 55.4 Å². The van der Waals surface area contributed by atoms with E-state index in [2.05, 4.69) is 0 Å². The molecule has 0 atom stereocenters. The van der Waals surface area contributed by atoms with Crippen molar-refractivity contribution in [2.75, 3.05) is 77.5 Å².